The zero-order valence-corrected chi connectivity index (χ0v) is 7.34. The van der Waals surface area contributed by atoms with Crippen LogP contribution in [-0.2, 0) is 14.4 Å². The number of carboxylic acid groups (broad SMARTS) is 1. The van der Waals surface area contributed by atoms with Crippen LogP contribution in [0.3, 0.4) is 0 Å². The second-order valence-electron chi connectivity index (χ2n) is 2.88. The largest absolute Gasteiger partial charge is 0.481 e. The summed E-state index contributed by atoms with van der Waals surface area (Å²) >= 11 is 0. The first-order valence-corrected chi connectivity index (χ1v) is 4.05. The van der Waals surface area contributed by atoms with Crippen LogP contribution < -0.4 is 5.73 Å². The molecular formula is C8H10N2O4. The normalized spacial score (nSPS) is 17.6. The first kappa shape index (κ1) is 10.4. The lowest BCUT2D eigenvalue weighted by atomic mass is 10.2. The van der Waals surface area contributed by atoms with Crippen LogP contribution in [0.25, 0.3) is 0 Å². The Kier molecular flexibility index (Phi) is 2.98. The molecule has 0 aromatic rings. The molecule has 1 unspecified atom stereocenters. The molecule has 0 aromatic heterocycles. The van der Waals surface area contributed by atoms with Crippen LogP contribution >= 0.6 is 0 Å². The van der Waals surface area contributed by atoms with Gasteiger partial charge in [-0.15, -0.1) is 0 Å². The van der Waals surface area contributed by atoms with E-state index in [4.69, 9.17) is 10.8 Å². The summed E-state index contributed by atoms with van der Waals surface area (Å²) in [5.41, 5.74) is 5.49. The van der Waals surface area contributed by atoms with Gasteiger partial charge >= 0.3 is 5.97 Å². The second-order valence-corrected chi connectivity index (χ2v) is 2.88. The molecule has 1 aliphatic heterocycles. The third-order valence-electron chi connectivity index (χ3n) is 1.83. The zero-order chi connectivity index (χ0) is 10.7. The number of hydrogen-bond donors (Lipinski definition) is 2. The highest BCUT2D eigenvalue weighted by molar-refractivity contribution is 6.13. The van der Waals surface area contributed by atoms with Gasteiger partial charge in [-0.3, -0.25) is 19.3 Å². The van der Waals surface area contributed by atoms with E-state index in [0.717, 1.165) is 17.1 Å². The van der Waals surface area contributed by atoms with Crippen LogP contribution in [0.2, 0.25) is 0 Å². The van der Waals surface area contributed by atoms with E-state index in [1.165, 1.54) is 0 Å². The Hall–Kier alpha value is -1.69. The van der Waals surface area contributed by atoms with Crippen molar-refractivity contribution < 1.29 is 19.5 Å². The minimum absolute atomic E-state index is 0.0640. The number of imide groups is 1. The third-order valence-corrected chi connectivity index (χ3v) is 1.83. The van der Waals surface area contributed by atoms with Crippen LogP contribution in [0, 0.1) is 0 Å². The molecule has 0 aliphatic carbocycles. The molecule has 6 nitrogen and oxygen atoms in total. The van der Waals surface area contributed by atoms with Gasteiger partial charge in [0.15, 0.2) is 0 Å². The Morgan fingerprint density at radius 2 is 1.93 bits per heavy atom. The smallest absolute Gasteiger partial charge is 0.303 e. The van der Waals surface area contributed by atoms with E-state index >= 15 is 0 Å². The minimum atomic E-state index is -1.01. The molecule has 0 radical (unpaired) electrons. The lowest BCUT2D eigenvalue weighted by Crippen LogP contribution is -2.45. The number of nitrogens with two attached hydrogens (primary N) is 1. The van der Waals surface area contributed by atoms with Crippen LogP contribution in [0.4, 0.5) is 0 Å². The maximum atomic E-state index is 11.1. The Balaban J connectivity index is 2.52. The SMILES string of the molecule is NC(CCC(=O)O)N1C(=O)C=CC1=O. The molecule has 3 N–H and O–H groups in total. The fourth-order valence-corrected chi connectivity index (χ4v) is 1.14. The van der Waals surface area contributed by atoms with Crippen LogP contribution in [0.15, 0.2) is 12.2 Å². The molecule has 0 aromatic carbocycles. The van der Waals surface area contributed by atoms with Gasteiger partial charge in [0.1, 0.15) is 0 Å². The molecule has 0 saturated heterocycles. The first-order valence-electron chi connectivity index (χ1n) is 4.05. The molecule has 0 spiro atoms. The van der Waals surface area contributed by atoms with Crippen LogP contribution in [0.1, 0.15) is 12.8 Å². The highest BCUT2D eigenvalue weighted by atomic mass is 16.4. The predicted octanol–water partition coefficient (Wildman–Crippen LogP) is -0.939. The molecule has 0 fully saturated rings. The standard InChI is InChI=1S/C8H10N2O4/c9-5(1-4-8(13)14)10-6(11)2-3-7(10)12/h2-3,5H,1,4,9H2,(H,13,14). The third kappa shape index (κ3) is 2.17. The van der Waals surface area contributed by atoms with E-state index < -0.39 is 23.9 Å². The molecule has 1 atom stereocenters. The number of carbonyl (C=O) groups is 3. The highest BCUT2D eigenvalue weighted by Crippen LogP contribution is 2.09. The molecule has 1 heterocycles. The van der Waals surface area contributed by atoms with Crippen molar-refractivity contribution in [2.24, 2.45) is 5.73 Å². The molecule has 6 heteroatoms. The Morgan fingerprint density at radius 3 is 2.36 bits per heavy atom. The summed E-state index contributed by atoms with van der Waals surface area (Å²) in [6, 6.07) is 0. The summed E-state index contributed by atoms with van der Waals surface area (Å²) < 4.78 is 0. The van der Waals surface area contributed by atoms with Crippen molar-refractivity contribution in [3.05, 3.63) is 12.2 Å². The van der Waals surface area contributed by atoms with Gasteiger partial charge in [-0.25, -0.2) is 0 Å². The summed E-state index contributed by atoms with van der Waals surface area (Å²) in [5.74, 6) is -1.99. The summed E-state index contributed by atoms with van der Waals surface area (Å²) in [5, 5.41) is 8.38. The van der Waals surface area contributed by atoms with E-state index in [0.29, 0.717) is 0 Å². The quantitative estimate of drug-likeness (QED) is 0.568. The number of aliphatic carboxylic acids is 1. The van der Waals surface area contributed by atoms with Gasteiger partial charge in [0, 0.05) is 18.6 Å². The van der Waals surface area contributed by atoms with Gasteiger partial charge in [-0.2, -0.15) is 0 Å². The lowest BCUT2D eigenvalue weighted by Gasteiger charge is -2.21. The van der Waals surface area contributed by atoms with Crippen molar-refractivity contribution in [2.45, 2.75) is 19.0 Å². The topological polar surface area (TPSA) is 101 Å². The molecular weight excluding hydrogens is 188 g/mol. The Morgan fingerprint density at radius 1 is 1.43 bits per heavy atom. The molecule has 0 saturated carbocycles. The van der Waals surface area contributed by atoms with Crippen molar-refractivity contribution in [1.82, 2.24) is 4.90 Å². The van der Waals surface area contributed by atoms with E-state index in [1.54, 1.807) is 0 Å². The Labute approximate surface area is 80.0 Å². The van der Waals surface area contributed by atoms with Crippen LogP contribution in [-0.4, -0.2) is 34.0 Å². The molecule has 0 bridgehead atoms. The van der Waals surface area contributed by atoms with Crippen molar-refractivity contribution in [2.75, 3.05) is 0 Å². The monoisotopic (exact) mass is 198 g/mol. The van der Waals surface area contributed by atoms with Gasteiger partial charge < -0.3 is 10.8 Å². The molecule has 76 valence electrons. The highest BCUT2D eigenvalue weighted by Gasteiger charge is 2.28. The number of carbonyl (C=O) groups excluding carboxylic acids is 2. The van der Waals surface area contributed by atoms with Gasteiger partial charge in [0.2, 0.25) is 0 Å². The van der Waals surface area contributed by atoms with E-state index in [2.05, 4.69) is 0 Å². The number of carboxylic acids is 1. The predicted molar refractivity (Wildman–Crippen MR) is 45.8 cm³/mol. The van der Waals surface area contributed by atoms with Gasteiger partial charge in [0.05, 0.1) is 6.17 Å². The Bertz CT molecular complexity index is 292. The minimum Gasteiger partial charge on any atom is -0.481 e. The fraction of sp³-hybridized carbons (Fsp3) is 0.375. The van der Waals surface area contributed by atoms with E-state index in [-0.39, 0.29) is 12.8 Å². The van der Waals surface area contributed by atoms with Gasteiger partial charge in [-0.1, -0.05) is 0 Å². The maximum absolute atomic E-state index is 11.1. The van der Waals surface area contributed by atoms with Crippen LogP contribution in [0.5, 0.6) is 0 Å². The molecule has 14 heavy (non-hydrogen) atoms. The summed E-state index contributed by atoms with van der Waals surface area (Å²) in [6.07, 6.45) is 1.26. The second kappa shape index (κ2) is 4.01. The molecule has 1 aliphatic rings. The van der Waals surface area contributed by atoms with Crippen molar-refractivity contribution in [3.63, 3.8) is 0 Å². The molecule has 1 rings (SSSR count). The zero-order valence-electron chi connectivity index (χ0n) is 7.34. The van der Waals surface area contributed by atoms with E-state index in [9.17, 15) is 14.4 Å². The van der Waals surface area contributed by atoms with Crippen molar-refractivity contribution in [1.29, 1.82) is 0 Å². The summed E-state index contributed by atoms with van der Waals surface area (Å²) in [4.78, 5) is 33.2. The average Bonchev–Trinajstić information content (AvgIpc) is 2.42. The van der Waals surface area contributed by atoms with Crippen molar-refractivity contribution in [3.8, 4) is 0 Å². The van der Waals surface area contributed by atoms with Crippen molar-refractivity contribution >= 4 is 17.8 Å². The first-order chi connectivity index (χ1) is 6.52. The van der Waals surface area contributed by atoms with Gasteiger partial charge in [0.25, 0.3) is 11.8 Å². The van der Waals surface area contributed by atoms with E-state index in [1.807, 2.05) is 0 Å². The summed E-state index contributed by atoms with van der Waals surface area (Å²) in [6.45, 7) is 0. The number of hydrogen-bond acceptors (Lipinski definition) is 4. The lowest BCUT2D eigenvalue weighted by molar-refractivity contribution is -0.142. The van der Waals surface area contributed by atoms with Gasteiger partial charge in [-0.05, 0) is 6.42 Å². The summed E-state index contributed by atoms with van der Waals surface area (Å²) in [7, 11) is 0. The number of rotatable bonds is 4. The number of amides is 2. The maximum Gasteiger partial charge on any atom is 0.303 e. The molecule has 2 amide bonds. The fourth-order valence-electron chi connectivity index (χ4n) is 1.14. The number of nitrogens with zero attached hydrogens (tertiary/aromatic N) is 1. The average molecular weight is 198 g/mol.